The van der Waals surface area contributed by atoms with E-state index in [1.165, 1.54) is 16.9 Å². The molecule has 2 heterocycles. The quantitative estimate of drug-likeness (QED) is 0.684. The number of thiazole rings is 1. The number of nitrogens with zero attached hydrogens (tertiary/aromatic N) is 3. The van der Waals surface area contributed by atoms with Crippen LogP contribution in [0.1, 0.15) is 19.4 Å². The summed E-state index contributed by atoms with van der Waals surface area (Å²) in [4.78, 5) is 8.74. The first-order valence-corrected chi connectivity index (χ1v) is 6.93. The summed E-state index contributed by atoms with van der Waals surface area (Å²) in [7, 11) is 0. The number of aromatic nitrogens is 1. The molecule has 0 unspecified atom stereocenters. The van der Waals surface area contributed by atoms with E-state index in [0.29, 0.717) is 0 Å². The van der Waals surface area contributed by atoms with Crippen LogP contribution >= 0.6 is 11.3 Å². The molecule has 4 nitrogen and oxygen atoms in total. The molecule has 1 N–H and O–H groups in total. The van der Waals surface area contributed by atoms with E-state index in [1.807, 2.05) is 23.6 Å². The summed E-state index contributed by atoms with van der Waals surface area (Å²) < 4.78 is 0. The molecular formula is C14H14N4S. The van der Waals surface area contributed by atoms with Crippen molar-refractivity contribution in [1.29, 1.82) is 0 Å². The summed E-state index contributed by atoms with van der Waals surface area (Å²) in [6, 6.07) is 8.20. The van der Waals surface area contributed by atoms with Crippen LogP contribution in [0.15, 0.2) is 45.9 Å². The van der Waals surface area contributed by atoms with Crippen LogP contribution in [0.4, 0.5) is 10.8 Å². The molecular weight excluding hydrogens is 256 g/mol. The van der Waals surface area contributed by atoms with E-state index in [-0.39, 0.29) is 5.41 Å². The molecule has 1 aliphatic heterocycles. The summed E-state index contributed by atoms with van der Waals surface area (Å²) in [6.07, 6.45) is 3.52. The third-order valence-electron chi connectivity index (χ3n) is 3.24. The lowest BCUT2D eigenvalue weighted by molar-refractivity contribution is 0.744. The Labute approximate surface area is 115 Å². The topological polar surface area (TPSA) is 49.6 Å². The Morgan fingerprint density at radius 2 is 2.16 bits per heavy atom. The highest BCUT2D eigenvalue weighted by molar-refractivity contribution is 7.13. The van der Waals surface area contributed by atoms with Gasteiger partial charge in [0, 0.05) is 17.0 Å². The predicted molar refractivity (Wildman–Crippen MR) is 80.8 cm³/mol. The summed E-state index contributed by atoms with van der Waals surface area (Å²) in [5.74, 6) is 0. The summed E-state index contributed by atoms with van der Waals surface area (Å²) in [5.41, 5.74) is 6.03. The smallest absolute Gasteiger partial charge is 0.203 e. The number of anilines is 1. The number of aliphatic imine (C=N–C) groups is 1. The van der Waals surface area contributed by atoms with Gasteiger partial charge in [-0.1, -0.05) is 32.0 Å². The van der Waals surface area contributed by atoms with Crippen molar-refractivity contribution in [2.75, 3.05) is 5.43 Å². The molecule has 3 rings (SSSR count). The lowest BCUT2D eigenvalue weighted by Gasteiger charge is -2.19. The third kappa shape index (κ3) is 2.17. The highest BCUT2D eigenvalue weighted by Crippen LogP contribution is 2.38. The van der Waals surface area contributed by atoms with Crippen molar-refractivity contribution in [3.8, 4) is 0 Å². The maximum absolute atomic E-state index is 4.63. The summed E-state index contributed by atoms with van der Waals surface area (Å²) in [6.45, 7) is 4.32. The lowest BCUT2D eigenvalue weighted by atomic mass is 9.82. The zero-order chi connectivity index (χ0) is 13.3. The molecule has 1 aromatic carbocycles. The van der Waals surface area contributed by atoms with E-state index in [0.717, 1.165) is 16.5 Å². The van der Waals surface area contributed by atoms with Crippen LogP contribution in [0.5, 0.6) is 0 Å². The standard InChI is InChI=1S/C14H14N4S/c1-14(2)10-5-3-4-6-11(10)17-12(14)9-16-18-13-15-7-8-19-13/h3-9H,1-2H3,(H,15,18)/b16-9+. The molecule has 0 fully saturated rings. The summed E-state index contributed by atoms with van der Waals surface area (Å²) in [5, 5.41) is 6.91. The second-order valence-corrected chi connectivity index (χ2v) is 5.74. The van der Waals surface area contributed by atoms with Crippen molar-refractivity contribution in [2.24, 2.45) is 10.1 Å². The van der Waals surface area contributed by atoms with Gasteiger partial charge in [0.05, 0.1) is 17.6 Å². The third-order valence-corrected chi connectivity index (χ3v) is 3.92. The van der Waals surface area contributed by atoms with E-state index in [2.05, 4.69) is 40.4 Å². The molecule has 0 saturated heterocycles. The minimum absolute atomic E-state index is 0.106. The van der Waals surface area contributed by atoms with Gasteiger partial charge in [-0.25, -0.2) is 4.98 Å². The Morgan fingerprint density at radius 1 is 1.32 bits per heavy atom. The predicted octanol–water partition coefficient (Wildman–Crippen LogP) is 3.60. The van der Waals surface area contributed by atoms with E-state index < -0.39 is 0 Å². The highest BCUT2D eigenvalue weighted by Gasteiger charge is 2.33. The number of para-hydroxylation sites is 1. The first-order chi connectivity index (χ1) is 9.18. The monoisotopic (exact) mass is 270 g/mol. The van der Waals surface area contributed by atoms with Crippen LogP contribution in [-0.4, -0.2) is 16.9 Å². The first-order valence-electron chi connectivity index (χ1n) is 6.05. The average Bonchev–Trinajstić information content (AvgIpc) is 2.98. The van der Waals surface area contributed by atoms with Crippen LogP contribution in [0.2, 0.25) is 0 Å². The Hall–Kier alpha value is -2.01. The van der Waals surface area contributed by atoms with E-state index in [4.69, 9.17) is 0 Å². The maximum atomic E-state index is 4.63. The van der Waals surface area contributed by atoms with Gasteiger partial charge in [0.25, 0.3) is 0 Å². The van der Waals surface area contributed by atoms with Crippen molar-refractivity contribution in [3.05, 3.63) is 41.4 Å². The normalized spacial score (nSPS) is 16.4. The van der Waals surface area contributed by atoms with Gasteiger partial charge in [-0.2, -0.15) is 5.10 Å². The Morgan fingerprint density at radius 3 is 2.89 bits per heavy atom. The molecule has 0 radical (unpaired) electrons. The fraction of sp³-hybridized carbons (Fsp3) is 0.214. The Bertz CT molecular complexity index is 641. The van der Waals surface area contributed by atoms with Gasteiger partial charge in [-0.15, -0.1) is 11.3 Å². The minimum atomic E-state index is -0.106. The number of nitrogens with one attached hydrogen (secondary N) is 1. The molecule has 0 aliphatic carbocycles. The average molecular weight is 270 g/mol. The van der Waals surface area contributed by atoms with Gasteiger partial charge in [0.2, 0.25) is 5.13 Å². The van der Waals surface area contributed by atoms with Crippen molar-refractivity contribution in [1.82, 2.24) is 4.98 Å². The fourth-order valence-corrected chi connectivity index (χ4v) is 2.60. The second-order valence-electron chi connectivity index (χ2n) is 4.85. The van der Waals surface area contributed by atoms with Crippen LogP contribution in [0.25, 0.3) is 0 Å². The van der Waals surface area contributed by atoms with Crippen LogP contribution < -0.4 is 5.43 Å². The maximum Gasteiger partial charge on any atom is 0.203 e. The minimum Gasteiger partial charge on any atom is -0.253 e. The van der Waals surface area contributed by atoms with Gasteiger partial charge >= 0.3 is 0 Å². The zero-order valence-corrected chi connectivity index (χ0v) is 11.6. The Balaban J connectivity index is 1.81. The number of hydrazone groups is 1. The van der Waals surface area contributed by atoms with Crippen molar-refractivity contribution in [3.63, 3.8) is 0 Å². The lowest BCUT2D eigenvalue weighted by Crippen LogP contribution is -2.26. The zero-order valence-electron chi connectivity index (χ0n) is 10.8. The Kier molecular flexibility index (Phi) is 2.91. The van der Waals surface area contributed by atoms with E-state index >= 15 is 0 Å². The number of hydrogen-bond donors (Lipinski definition) is 1. The number of rotatable bonds is 3. The SMILES string of the molecule is CC1(C)C(/C=N/Nc2nccs2)=Nc2ccccc21. The molecule has 0 atom stereocenters. The molecule has 0 bridgehead atoms. The molecule has 19 heavy (non-hydrogen) atoms. The van der Waals surface area contributed by atoms with Crippen LogP contribution in [0.3, 0.4) is 0 Å². The van der Waals surface area contributed by atoms with E-state index in [9.17, 15) is 0 Å². The molecule has 0 saturated carbocycles. The molecule has 1 aliphatic rings. The second kappa shape index (κ2) is 4.59. The molecule has 2 aromatic rings. The molecule has 1 aromatic heterocycles. The number of fused-ring (bicyclic) bond motifs is 1. The molecule has 0 spiro atoms. The largest absolute Gasteiger partial charge is 0.253 e. The van der Waals surface area contributed by atoms with Gasteiger partial charge in [0.1, 0.15) is 0 Å². The first kappa shape index (κ1) is 12.0. The van der Waals surface area contributed by atoms with Gasteiger partial charge in [-0.05, 0) is 11.6 Å². The van der Waals surface area contributed by atoms with Gasteiger partial charge in [-0.3, -0.25) is 10.4 Å². The van der Waals surface area contributed by atoms with Gasteiger partial charge < -0.3 is 0 Å². The van der Waals surface area contributed by atoms with Crippen molar-refractivity contribution < 1.29 is 0 Å². The molecule has 0 amide bonds. The van der Waals surface area contributed by atoms with Crippen molar-refractivity contribution >= 4 is 34.1 Å². The van der Waals surface area contributed by atoms with E-state index in [1.54, 1.807) is 12.4 Å². The van der Waals surface area contributed by atoms with Crippen LogP contribution in [-0.2, 0) is 5.41 Å². The number of hydrogen-bond acceptors (Lipinski definition) is 5. The summed E-state index contributed by atoms with van der Waals surface area (Å²) >= 11 is 1.52. The van der Waals surface area contributed by atoms with Gasteiger partial charge in [0.15, 0.2) is 0 Å². The fourth-order valence-electron chi connectivity index (χ4n) is 2.12. The number of benzene rings is 1. The molecule has 96 valence electrons. The van der Waals surface area contributed by atoms with Crippen molar-refractivity contribution in [2.45, 2.75) is 19.3 Å². The van der Waals surface area contributed by atoms with Crippen LogP contribution in [0, 0.1) is 0 Å². The highest BCUT2D eigenvalue weighted by atomic mass is 32.1. The molecule has 5 heteroatoms.